The van der Waals surface area contributed by atoms with Gasteiger partial charge in [0.05, 0.1) is 24.1 Å². The largest absolute Gasteiger partial charge is 0.497 e. The van der Waals surface area contributed by atoms with Crippen LogP contribution in [0.3, 0.4) is 0 Å². The van der Waals surface area contributed by atoms with Gasteiger partial charge >= 0.3 is 6.18 Å². The van der Waals surface area contributed by atoms with E-state index in [9.17, 15) is 18.0 Å². The maximum Gasteiger partial charge on any atom is 0.416 e. The molecule has 0 bridgehead atoms. The van der Waals surface area contributed by atoms with Crippen molar-refractivity contribution >= 4 is 17.7 Å². The van der Waals surface area contributed by atoms with E-state index in [1.807, 2.05) is 13.8 Å². The molecule has 0 saturated heterocycles. The quantitative estimate of drug-likeness (QED) is 0.534. The summed E-state index contributed by atoms with van der Waals surface area (Å²) in [5.74, 6) is 0.838. The van der Waals surface area contributed by atoms with Crippen molar-refractivity contribution in [3.05, 3.63) is 54.1 Å². The van der Waals surface area contributed by atoms with E-state index in [2.05, 4.69) is 15.5 Å². The minimum absolute atomic E-state index is 0.0238. The van der Waals surface area contributed by atoms with Gasteiger partial charge in [0, 0.05) is 11.6 Å². The third kappa shape index (κ3) is 5.57. The number of halogens is 3. The van der Waals surface area contributed by atoms with Crippen molar-refractivity contribution in [1.82, 2.24) is 20.1 Å². The fourth-order valence-electron chi connectivity index (χ4n) is 2.84. The summed E-state index contributed by atoms with van der Waals surface area (Å²) in [5, 5.41) is 11.4. The average molecular weight is 450 g/mol. The normalized spacial score (nSPS) is 11.6. The Labute approximate surface area is 181 Å². The van der Waals surface area contributed by atoms with Crippen LogP contribution in [0.5, 0.6) is 5.75 Å². The zero-order chi connectivity index (χ0) is 22.6. The van der Waals surface area contributed by atoms with Crippen LogP contribution >= 0.6 is 11.8 Å². The van der Waals surface area contributed by atoms with E-state index < -0.39 is 11.7 Å². The highest BCUT2D eigenvalue weighted by Gasteiger charge is 2.31. The van der Waals surface area contributed by atoms with Crippen LogP contribution in [0.15, 0.2) is 53.7 Å². The second kappa shape index (κ2) is 9.42. The Morgan fingerprint density at radius 3 is 2.48 bits per heavy atom. The van der Waals surface area contributed by atoms with Gasteiger partial charge in [-0.15, -0.1) is 10.2 Å². The van der Waals surface area contributed by atoms with Crippen LogP contribution in [0.1, 0.15) is 19.4 Å². The lowest BCUT2D eigenvalue weighted by molar-refractivity contribution is -0.137. The van der Waals surface area contributed by atoms with Gasteiger partial charge < -0.3 is 10.1 Å². The molecule has 0 aliphatic heterocycles. The topological polar surface area (TPSA) is 69.0 Å². The third-order valence-electron chi connectivity index (χ3n) is 4.20. The monoisotopic (exact) mass is 450 g/mol. The molecule has 2 aromatic carbocycles. The van der Waals surface area contributed by atoms with E-state index in [-0.39, 0.29) is 23.4 Å². The Balaban J connectivity index is 2.04. The van der Waals surface area contributed by atoms with Gasteiger partial charge in [-0.1, -0.05) is 17.8 Å². The van der Waals surface area contributed by atoms with Gasteiger partial charge in [0.15, 0.2) is 11.0 Å². The van der Waals surface area contributed by atoms with Crippen LogP contribution in [0.4, 0.5) is 13.2 Å². The molecule has 1 N–H and O–H groups in total. The standard InChI is InChI=1S/C21H21F3N4O2S/c1-13(2)25-18(29)12-31-20-27-26-19(14-7-9-17(30-3)10-8-14)28(20)16-6-4-5-15(11-16)21(22,23)24/h4-11,13H,12H2,1-3H3,(H,25,29). The van der Waals surface area contributed by atoms with Crippen molar-refractivity contribution in [1.29, 1.82) is 0 Å². The highest BCUT2D eigenvalue weighted by Crippen LogP contribution is 2.33. The summed E-state index contributed by atoms with van der Waals surface area (Å²) in [6.07, 6.45) is -4.49. The number of hydrogen-bond acceptors (Lipinski definition) is 5. The van der Waals surface area contributed by atoms with Gasteiger partial charge in [0.25, 0.3) is 0 Å². The molecule has 1 amide bonds. The predicted octanol–water partition coefficient (Wildman–Crippen LogP) is 4.58. The van der Waals surface area contributed by atoms with E-state index in [0.29, 0.717) is 22.3 Å². The molecule has 0 aliphatic carbocycles. The fraction of sp³-hybridized carbons (Fsp3) is 0.286. The SMILES string of the molecule is COc1ccc(-c2nnc(SCC(=O)NC(C)C)n2-c2cccc(C(F)(F)F)c2)cc1. The molecule has 164 valence electrons. The minimum Gasteiger partial charge on any atom is -0.497 e. The molecule has 0 radical (unpaired) electrons. The van der Waals surface area contributed by atoms with E-state index >= 15 is 0 Å². The Kier molecular flexibility index (Phi) is 6.89. The van der Waals surface area contributed by atoms with Crippen molar-refractivity contribution < 1.29 is 22.7 Å². The lowest BCUT2D eigenvalue weighted by atomic mass is 10.1. The molecule has 1 aromatic heterocycles. The highest BCUT2D eigenvalue weighted by atomic mass is 32.2. The minimum atomic E-state index is -4.49. The van der Waals surface area contributed by atoms with Crippen LogP contribution in [0, 0.1) is 0 Å². The van der Waals surface area contributed by atoms with Gasteiger partial charge in [0.1, 0.15) is 5.75 Å². The first kappa shape index (κ1) is 22.7. The van der Waals surface area contributed by atoms with Crippen molar-refractivity contribution in [3.63, 3.8) is 0 Å². The predicted molar refractivity (Wildman–Crippen MR) is 112 cm³/mol. The number of nitrogens with zero attached hydrogens (tertiary/aromatic N) is 3. The zero-order valence-corrected chi connectivity index (χ0v) is 17.9. The number of benzene rings is 2. The summed E-state index contributed by atoms with van der Waals surface area (Å²) < 4.78 is 46.5. The van der Waals surface area contributed by atoms with Crippen LogP contribution in [-0.2, 0) is 11.0 Å². The number of aromatic nitrogens is 3. The lowest BCUT2D eigenvalue weighted by Crippen LogP contribution is -2.31. The van der Waals surface area contributed by atoms with Gasteiger partial charge in [-0.05, 0) is 56.3 Å². The number of rotatable bonds is 7. The zero-order valence-electron chi connectivity index (χ0n) is 17.1. The molecular formula is C21H21F3N4O2S. The Morgan fingerprint density at radius 2 is 1.87 bits per heavy atom. The van der Waals surface area contributed by atoms with Crippen molar-refractivity contribution in [2.24, 2.45) is 0 Å². The molecule has 6 nitrogen and oxygen atoms in total. The van der Waals surface area contributed by atoms with Crippen molar-refractivity contribution in [3.8, 4) is 22.8 Å². The van der Waals surface area contributed by atoms with Gasteiger partial charge in [-0.2, -0.15) is 13.2 Å². The van der Waals surface area contributed by atoms with E-state index in [1.165, 1.54) is 17.7 Å². The average Bonchev–Trinajstić information content (AvgIpc) is 3.15. The fourth-order valence-corrected chi connectivity index (χ4v) is 3.60. The number of carbonyl (C=O) groups excluding carboxylic acids is 1. The third-order valence-corrected chi connectivity index (χ3v) is 5.12. The Hall–Kier alpha value is -3.01. The summed E-state index contributed by atoms with van der Waals surface area (Å²) in [6.45, 7) is 3.69. The van der Waals surface area contributed by atoms with Gasteiger partial charge in [0.2, 0.25) is 5.91 Å². The number of carbonyl (C=O) groups is 1. The van der Waals surface area contributed by atoms with E-state index in [4.69, 9.17) is 4.74 Å². The Bertz CT molecular complexity index is 1050. The second-order valence-electron chi connectivity index (χ2n) is 6.93. The summed E-state index contributed by atoms with van der Waals surface area (Å²) in [7, 11) is 1.54. The van der Waals surface area contributed by atoms with Crippen LogP contribution in [0.25, 0.3) is 17.1 Å². The van der Waals surface area contributed by atoms with Crippen molar-refractivity contribution in [2.75, 3.05) is 12.9 Å². The number of nitrogens with one attached hydrogen (secondary N) is 1. The number of ether oxygens (including phenoxy) is 1. The first-order valence-electron chi connectivity index (χ1n) is 9.38. The maximum absolute atomic E-state index is 13.3. The summed E-state index contributed by atoms with van der Waals surface area (Å²) in [5.41, 5.74) is 0.106. The summed E-state index contributed by atoms with van der Waals surface area (Å²) >= 11 is 1.10. The number of alkyl halides is 3. The first-order valence-corrected chi connectivity index (χ1v) is 10.4. The molecule has 0 unspecified atom stereocenters. The molecule has 3 rings (SSSR count). The summed E-state index contributed by atoms with van der Waals surface area (Å²) in [4.78, 5) is 12.1. The number of methoxy groups -OCH3 is 1. The van der Waals surface area contributed by atoms with Gasteiger partial charge in [-0.25, -0.2) is 0 Å². The molecule has 0 aliphatic rings. The smallest absolute Gasteiger partial charge is 0.416 e. The molecule has 10 heteroatoms. The number of thioether (sulfide) groups is 1. The molecule has 0 fully saturated rings. The van der Waals surface area contributed by atoms with E-state index in [1.54, 1.807) is 30.3 Å². The highest BCUT2D eigenvalue weighted by molar-refractivity contribution is 7.99. The lowest BCUT2D eigenvalue weighted by Gasteiger charge is -2.13. The molecule has 3 aromatic rings. The first-order chi connectivity index (χ1) is 14.7. The van der Waals surface area contributed by atoms with E-state index in [0.717, 1.165) is 23.9 Å². The molecule has 0 saturated carbocycles. The van der Waals surface area contributed by atoms with Crippen LogP contribution in [0.2, 0.25) is 0 Å². The Morgan fingerprint density at radius 1 is 1.16 bits per heavy atom. The second-order valence-corrected chi connectivity index (χ2v) is 7.87. The molecule has 0 spiro atoms. The van der Waals surface area contributed by atoms with Crippen LogP contribution < -0.4 is 10.1 Å². The maximum atomic E-state index is 13.3. The van der Waals surface area contributed by atoms with Crippen LogP contribution in [-0.4, -0.2) is 39.6 Å². The molecular weight excluding hydrogens is 429 g/mol. The molecule has 0 atom stereocenters. The van der Waals surface area contributed by atoms with Crippen molar-refractivity contribution in [2.45, 2.75) is 31.2 Å². The van der Waals surface area contributed by atoms with Gasteiger partial charge in [-0.3, -0.25) is 9.36 Å². The molecule has 1 heterocycles. The number of amides is 1. The molecule has 31 heavy (non-hydrogen) atoms. The number of hydrogen-bond donors (Lipinski definition) is 1. The summed E-state index contributed by atoms with van der Waals surface area (Å²) in [6, 6.07) is 11.8.